The summed E-state index contributed by atoms with van der Waals surface area (Å²) < 4.78 is 15.7. The van der Waals surface area contributed by atoms with E-state index in [0.717, 1.165) is 6.42 Å². The van der Waals surface area contributed by atoms with E-state index in [9.17, 15) is 4.79 Å². The molecule has 0 aliphatic carbocycles. The third-order valence-electron chi connectivity index (χ3n) is 2.42. The fraction of sp³-hybridized carbons (Fsp3) is 0.462. The minimum absolute atomic E-state index is 0.362. The molecule has 0 aromatic heterocycles. The van der Waals surface area contributed by atoms with Gasteiger partial charge < -0.3 is 25.7 Å². The summed E-state index contributed by atoms with van der Waals surface area (Å²) in [5, 5.41) is 0. The van der Waals surface area contributed by atoms with Crippen molar-refractivity contribution in [3.63, 3.8) is 0 Å². The molecule has 0 spiro atoms. The quantitative estimate of drug-likeness (QED) is 0.510. The maximum atomic E-state index is 10.9. The van der Waals surface area contributed by atoms with Crippen LogP contribution in [0.4, 0.5) is 5.69 Å². The molecule has 0 saturated carbocycles. The van der Waals surface area contributed by atoms with Crippen molar-refractivity contribution in [3.05, 3.63) is 23.8 Å². The van der Waals surface area contributed by atoms with E-state index in [-0.39, 0.29) is 0 Å². The zero-order chi connectivity index (χ0) is 14.1. The first-order valence-electron chi connectivity index (χ1n) is 6.04. The van der Waals surface area contributed by atoms with Crippen LogP contribution in [0.25, 0.3) is 0 Å². The zero-order valence-electron chi connectivity index (χ0n) is 11.1. The number of nitrogen functional groups attached to an aromatic ring is 1. The van der Waals surface area contributed by atoms with Crippen molar-refractivity contribution in [3.8, 4) is 5.75 Å². The number of benzene rings is 1. The van der Waals surface area contributed by atoms with Gasteiger partial charge in [0.2, 0.25) is 5.91 Å². The third-order valence-corrected chi connectivity index (χ3v) is 2.42. The molecule has 0 atom stereocenters. The van der Waals surface area contributed by atoms with Crippen LogP contribution in [0, 0.1) is 0 Å². The van der Waals surface area contributed by atoms with Crippen LogP contribution in [0.15, 0.2) is 18.2 Å². The molecule has 1 amide bonds. The number of rotatable bonds is 9. The Morgan fingerprint density at radius 2 is 2.00 bits per heavy atom. The molecule has 1 aromatic rings. The maximum absolute atomic E-state index is 10.9. The first kappa shape index (κ1) is 15.3. The fourth-order valence-electron chi connectivity index (χ4n) is 1.45. The predicted molar refractivity (Wildman–Crippen MR) is 72.2 cm³/mol. The summed E-state index contributed by atoms with van der Waals surface area (Å²) in [6.45, 7) is 2.18. The summed E-state index contributed by atoms with van der Waals surface area (Å²) >= 11 is 0. The number of methoxy groups -OCH3 is 1. The number of ether oxygens (including phenoxy) is 3. The Bertz CT molecular complexity index is 410. The average molecular weight is 268 g/mol. The Kier molecular flexibility index (Phi) is 6.70. The zero-order valence-corrected chi connectivity index (χ0v) is 11.1. The Hall–Kier alpha value is -1.79. The summed E-state index contributed by atoms with van der Waals surface area (Å²) in [7, 11) is 1.65. The summed E-state index contributed by atoms with van der Waals surface area (Å²) in [5.41, 5.74) is 11.6. The molecule has 1 rings (SSSR count). The molecule has 0 saturated heterocycles. The molecule has 0 aliphatic heterocycles. The molecule has 6 nitrogen and oxygen atoms in total. The van der Waals surface area contributed by atoms with E-state index in [0.29, 0.717) is 43.4 Å². The number of amides is 1. The first-order valence-corrected chi connectivity index (χ1v) is 6.04. The van der Waals surface area contributed by atoms with Crippen LogP contribution in [0.3, 0.4) is 0 Å². The number of carbonyl (C=O) groups is 1. The second-order valence-corrected chi connectivity index (χ2v) is 3.92. The molecule has 0 unspecified atom stereocenters. The van der Waals surface area contributed by atoms with E-state index in [4.69, 9.17) is 25.7 Å². The maximum Gasteiger partial charge on any atom is 0.248 e. The summed E-state index contributed by atoms with van der Waals surface area (Å²) in [6.07, 6.45) is 0.853. The lowest BCUT2D eigenvalue weighted by Crippen LogP contribution is -2.12. The standard InChI is InChI=1S/C13H20N2O4/c1-17-5-2-6-18-7-8-19-12-4-3-10(13(15)16)9-11(12)14/h3-4,9H,2,5-8,14H2,1H3,(H2,15,16). The van der Waals surface area contributed by atoms with Gasteiger partial charge in [0.05, 0.1) is 12.3 Å². The number of carbonyl (C=O) groups excluding carboxylic acids is 1. The van der Waals surface area contributed by atoms with Crippen LogP contribution in [0.1, 0.15) is 16.8 Å². The van der Waals surface area contributed by atoms with Gasteiger partial charge in [-0.15, -0.1) is 0 Å². The van der Waals surface area contributed by atoms with E-state index < -0.39 is 5.91 Å². The van der Waals surface area contributed by atoms with Crippen LogP contribution in [0.2, 0.25) is 0 Å². The highest BCUT2D eigenvalue weighted by Crippen LogP contribution is 2.22. The van der Waals surface area contributed by atoms with Gasteiger partial charge in [0, 0.05) is 25.9 Å². The Balaban J connectivity index is 2.28. The van der Waals surface area contributed by atoms with Gasteiger partial charge in [-0.05, 0) is 24.6 Å². The molecular formula is C13H20N2O4. The summed E-state index contributed by atoms with van der Waals surface area (Å²) in [4.78, 5) is 10.9. The van der Waals surface area contributed by atoms with Crippen molar-refractivity contribution in [2.24, 2.45) is 5.73 Å². The minimum atomic E-state index is -0.514. The number of hydrogen-bond acceptors (Lipinski definition) is 5. The van der Waals surface area contributed by atoms with Gasteiger partial charge in [0.15, 0.2) is 0 Å². The summed E-state index contributed by atoms with van der Waals surface area (Å²) in [6, 6.07) is 4.70. The van der Waals surface area contributed by atoms with Crippen molar-refractivity contribution >= 4 is 11.6 Å². The molecular weight excluding hydrogens is 248 g/mol. The Morgan fingerprint density at radius 3 is 2.63 bits per heavy atom. The van der Waals surface area contributed by atoms with Crippen molar-refractivity contribution in [2.75, 3.05) is 39.3 Å². The van der Waals surface area contributed by atoms with Crippen LogP contribution >= 0.6 is 0 Å². The van der Waals surface area contributed by atoms with Crippen molar-refractivity contribution in [1.82, 2.24) is 0 Å². The molecule has 6 heteroatoms. The van der Waals surface area contributed by atoms with Crippen molar-refractivity contribution < 1.29 is 19.0 Å². The van der Waals surface area contributed by atoms with E-state index in [1.165, 1.54) is 6.07 Å². The highest BCUT2D eigenvalue weighted by Gasteiger charge is 2.05. The second-order valence-electron chi connectivity index (χ2n) is 3.92. The van der Waals surface area contributed by atoms with Gasteiger partial charge in [-0.1, -0.05) is 0 Å². The van der Waals surface area contributed by atoms with Crippen LogP contribution in [-0.4, -0.2) is 39.4 Å². The number of hydrogen-bond donors (Lipinski definition) is 2. The average Bonchev–Trinajstić information content (AvgIpc) is 2.39. The van der Waals surface area contributed by atoms with Gasteiger partial charge in [-0.25, -0.2) is 0 Å². The van der Waals surface area contributed by atoms with Gasteiger partial charge in [-0.3, -0.25) is 4.79 Å². The predicted octanol–water partition coefficient (Wildman–Crippen LogP) is 0.800. The van der Waals surface area contributed by atoms with Crippen molar-refractivity contribution in [2.45, 2.75) is 6.42 Å². The van der Waals surface area contributed by atoms with Crippen LogP contribution in [0.5, 0.6) is 5.75 Å². The largest absolute Gasteiger partial charge is 0.489 e. The minimum Gasteiger partial charge on any atom is -0.489 e. The normalized spacial score (nSPS) is 10.4. The van der Waals surface area contributed by atoms with Crippen molar-refractivity contribution in [1.29, 1.82) is 0 Å². The van der Waals surface area contributed by atoms with Crippen LogP contribution < -0.4 is 16.2 Å². The lowest BCUT2D eigenvalue weighted by Gasteiger charge is -2.10. The number of nitrogens with two attached hydrogens (primary N) is 2. The molecule has 0 bridgehead atoms. The molecule has 0 fully saturated rings. The number of primary amides is 1. The van der Waals surface area contributed by atoms with Crippen LogP contribution in [-0.2, 0) is 9.47 Å². The lowest BCUT2D eigenvalue weighted by molar-refractivity contribution is 0.0808. The smallest absolute Gasteiger partial charge is 0.248 e. The third kappa shape index (κ3) is 5.58. The fourth-order valence-corrected chi connectivity index (χ4v) is 1.45. The highest BCUT2D eigenvalue weighted by atomic mass is 16.5. The Morgan fingerprint density at radius 1 is 1.21 bits per heavy atom. The molecule has 0 radical (unpaired) electrons. The molecule has 0 heterocycles. The first-order chi connectivity index (χ1) is 9.15. The molecule has 19 heavy (non-hydrogen) atoms. The van der Waals surface area contributed by atoms with Gasteiger partial charge in [0.25, 0.3) is 0 Å². The monoisotopic (exact) mass is 268 g/mol. The molecule has 4 N–H and O–H groups in total. The van der Waals surface area contributed by atoms with E-state index in [1.807, 2.05) is 0 Å². The van der Waals surface area contributed by atoms with E-state index in [2.05, 4.69) is 0 Å². The SMILES string of the molecule is COCCCOCCOc1ccc(C(N)=O)cc1N. The molecule has 1 aromatic carbocycles. The second kappa shape index (κ2) is 8.34. The van der Waals surface area contributed by atoms with E-state index in [1.54, 1.807) is 19.2 Å². The molecule has 0 aliphatic rings. The van der Waals surface area contributed by atoms with E-state index >= 15 is 0 Å². The number of anilines is 1. The topological polar surface area (TPSA) is 96.8 Å². The van der Waals surface area contributed by atoms with Gasteiger partial charge >= 0.3 is 0 Å². The summed E-state index contributed by atoms with van der Waals surface area (Å²) in [5.74, 6) is 0.00483. The lowest BCUT2D eigenvalue weighted by atomic mass is 10.2. The molecule has 106 valence electrons. The van der Waals surface area contributed by atoms with Gasteiger partial charge in [0.1, 0.15) is 12.4 Å². The highest BCUT2D eigenvalue weighted by molar-refractivity contribution is 5.94. The van der Waals surface area contributed by atoms with Gasteiger partial charge in [-0.2, -0.15) is 0 Å². The Labute approximate surface area is 112 Å².